The van der Waals surface area contributed by atoms with Crippen LogP contribution in [-0.4, -0.2) is 30.8 Å². The van der Waals surface area contributed by atoms with Gasteiger partial charge in [-0.3, -0.25) is 4.79 Å². The van der Waals surface area contributed by atoms with Crippen molar-refractivity contribution in [3.05, 3.63) is 65.7 Å². The Hall–Kier alpha value is -3.06. The van der Waals surface area contributed by atoms with E-state index in [1.165, 1.54) is 0 Å². The zero-order valence-electron chi connectivity index (χ0n) is 18.3. The fourth-order valence-electron chi connectivity index (χ4n) is 3.52. The zero-order chi connectivity index (χ0) is 22.6. The number of carbonyl (C=O) groups excluding carboxylic acids is 2. The first-order valence-electron chi connectivity index (χ1n) is 11.2. The van der Waals surface area contributed by atoms with Crippen LogP contribution in [0.4, 0.5) is 4.79 Å². The molecule has 1 fully saturated rings. The molecule has 0 unspecified atom stereocenters. The van der Waals surface area contributed by atoms with Crippen molar-refractivity contribution in [2.75, 3.05) is 6.61 Å². The molecular weight excluding hydrogens is 408 g/mol. The van der Waals surface area contributed by atoms with Gasteiger partial charge in [0.1, 0.15) is 24.5 Å². The molecule has 1 aliphatic carbocycles. The molecule has 172 valence electrons. The summed E-state index contributed by atoms with van der Waals surface area (Å²) < 4.78 is 16.3. The topological polar surface area (TPSA) is 99.9 Å². The zero-order valence-corrected chi connectivity index (χ0v) is 18.3. The number of amides is 1. The Bertz CT molecular complexity index is 835. The van der Waals surface area contributed by atoms with Gasteiger partial charge in [-0.25, -0.2) is 4.79 Å². The van der Waals surface area contributed by atoms with Crippen molar-refractivity contribution < 1.29 is 23.8 Å². The molecule has 0 heterocycles. The Kier molecular flexibility index (Phi) is 9.37. The van der Waals surface area contributed by atoms with E-state index in [0.29, 0.717) is 26.0 Å². The number of hydrogen-bond donors (Lipinski definition) is 2. The van der Waals surface area contributed by atoms with Gasteiger partial charge >= 0.3 is 12.1 Å². The Morgan fingerprint density at radius 2 is 1.72 bits per heavy atom. The predicted molar refractivity (Wildman–Crippen MR) is 121 cm³/mol. The second-order valence-electron chi connectivity index (χ2n) is 8.00. The van der Waals surface area contributed by atoms with Gasteiger partial charge in [-0.1, -0.05) is 42.5 Å². The van der Waals surface area contributed by atoms with Gasteiger partial charge in [0, 0.05) is 6.54 Å². The molecule has 7 nitrogen and oxygen atoms in total. The molecule has 1 aliphatic rings. The summed E-state index contributed by atoms with van der Waals surface area (Å²) in [5, 5.41) is 2.73. The normalized spacial score (nSPS) is 14.5. The highest BCUT2D eigenvalue weighted by Crippen LogP contribution is 2.21. The van der Waals surface area contributed by atoms with E-state index in [-0.39, 0.29) is 18.7 Å². The molecule has 1 amide bonds. The summed E-state index contributed by atoms with van der Waals surface area (Å²) in [6.45, 7) is 1.07. The lowest BCUT2D eigenvalue weighted by Gasteiger charge is -2.16. The molecular formula is C25H32N2O5. The molecule has 2 aromatic carbocycles. The minimum atomic E-state index is -0.603. The minimum Gasteiger partial charge on any atom is -0.494 e. The molecule has 1 saturated carbocycles. The highest BCUT2D eigenvalue weighted by molar-refractivity contribution is 5.75. The summed E-state index contributed by atoms with van der Waals surface area (Å²) in [5.41, 5.74) is 7.81. The Balaban J connectivity index is 1.28. The number of carbonyl (C=O) groups is 2. The van der Waals surface area contributed by atoms with Gasteiger partial charge in [-0.2, -0.15) is 0 Å². The summed E-state index contributed by atoms with van der Waals surface area (Å²) in [6.07, 6.45) is 4.91. The maximum atomic E-state index is 12.0. The molecule has 0 aliphatic heterocycles. The second-order valence-corrected chi connectivity index (χ2v) is 8.00. The maximum absolute atomic E-state index is 12.0. The van der Waals surface area contributed by atoms with Crippen LogP contribution in [0.2, 0.25) is 0 Å². The van der Waals surface area contributed by atoms with E-state index in [4.69, 9.17) is 19.9 Å². The van der Waals surface area contributed by atoms with E-state index >= 15 is 0 Å². The average Bonchev–Trinajstić information content (AvgIpc) is 3.33. The number of ether oxygens (including phenoxy) is 3. The quantitative estimate of drug-likeness (QED) is 0.403. The van der Waals surface area contributed by atoms with Gasteiger partial charge in [-0.15, -0.1) is 0 Å². The number of nitrogens with one attached hydrogen (secondary N) is 1. The van der Waals surface area contributed by atoms with Crippen molar-refractivity contribution in [2.45, 2.75) is 63.8 Å². The van der Waals surface area contributed by atoms with Crippen LogP contribution < -0.4 is 15.8 Å². The number of rotatable bonds is 11. The van der Waals surface area contributed by atoms with Crippen LogP contribution in [0.3, 0.4) is 0 Å². The van der Waals surface area contributed by atoms with Gasteiger partial charge in [0.05, 0.1) is 6.61 Å². The molecule has 2 aromatic rings. The summed E-state index contributed by atoms with van der Waals surface area (Å²) in [7, 11) is 0. The van der Waals surface area contributed by atoms with Crippen LogP contribution in [0, 0.1) is 0 Å². The molecule has 0 radical (unpaired) electrons. The van der Waals surface area contributed by atoms with Crippen LogP contribution in [0.25, 0.3) is 0 Å². The molecule has 0 aromatic heterocycles. The SMILES string of the molecule is N[C@@H](CCCOc1ccc(CNC(=O)OCc2ccccc2)cc1)C(=O)OC1CCCC1. The molecule has 32 heavy (non-hydrogen) atoms. The van der Waals surface area contributed by atoms with E-state index < -0.39 is 12.1 Å². The molecule has 0 saturated heterocycles. The first-order chi connectivity index (χ1) is 15.6. The first kappa shape index (κ1) is 23.6. The largest absolute Gasteiger partial charge is 0.494 e. The summed E-state index contributed by atoms with van der Waals surface area (Å²) in [5.74, 6) is 0.415. The number of benzene rings is 2. The van der Waals surface area contributed by atoms with Gasteiger partial charge < -0.3 is 25.3 Å². The number of alkyl carbamates (subject to hydrolysis) is 1. The molecule has 7 heteroatoms. The fraction of sp³-hybridized carbons (Fsp3) is 0.440. The van der Waals surface area contributed by atoms with E-state index in [1.807, 2.05) is 54.6 Å². The Morgan fingerprint density at radius 3 is 2.44 bits per heavy atom. The van der Waals surface area contributed by atoms with Crippen LogP contribution in [0.1, 0.15) is 49.7 Å². The van der Waals surface area contributed by atoms with Crippen molar-refractivity contribution in [3.8, 4) is 5.75 Å². The first-order valence-corrected chi connectivity index (χ1v) is 11.2. The fourth-order valence-corrected chi connectivity index (χ4v) is 3.52. The van der Waals surface area contributed by atoms with Gasteiger partial charge in [-0.05, 0) is 61.8 Å². The minimum absolute atomic E-state index is 0.0449. The lowest BCUT2D eigenvalue weighted by atomic mass is 10.2. The Labute approximate surface area is 189 Å². The maximum Gasteiger partial charge on any atom is 0.407 e. The highest BCUT2D eigenvalue weighted by Gasteiger charge is 2.22. The average molecular weight is 441 g/mol. The van der Waals surface area contributed by atoms with Crippen molar-refractivity contribution in [3.63, 3.8) is 0 Å². The van der Waals surface area contributed by atoms with E-state index in [9.17, 15) is 9.59 Å². The standard InChI is InChI=1S/C25H32N2O5/c26-23(24(28)32-22-9-4-5-10-22)11-6-16-30-21-14-12-19(13-15-21)17-27-25(29)31-18-20-7-2-1-3-8-20/h1-3,7-8,12-15,22-23H,4-6,9-11,16-18,26H2,(H,27,29)/t23-/m0/s1. The van der Waals surface area contributed by atoms with Crippen molar-refractivity contribution >= 4 is 12.1 Å². The smallest absolute Gasteiger partial charge is 0.407 e. The summed E-state index contributed by atoms with van der Waals surface area (Å²) in [4.78, 5) is 23.8. The van der Waals surface area contributed by atoms with E-state index in [2.05, 4.69) is 5.32 Å². The van der Waals surface area contributed by atoms with E-state index in [1.54, 1.807) is 0 Å². The molecule has 1 atom stereocenters. The van der Waals surface area contributed by atoms with Crippen LogP contribution in [0.15, 0.2) is 54.6 Å². The molecule has 3 N–H and O–H groups in total. The number of esters is 1. The predicted octanol–water partition coefficient (Wildman–Crippen LogP) is 4.09. The molecule has 0 bridgehead atoms. The number of hydrogen-bond acceptors (Lipinski definition) is 6. The van der Waals surface area contributed by atoms with Crippen molar-refractivity contribution in [2.24, 2.45) is 5.73 Å². The highest BCUT2D eigenvalue weighted by atomic mass is 16.6. The summed E-state index contributed by atoms with van der Waals surface area (Å²) >= 11 is 0. The lowest BCUT2D eigenvalue weighted by Crippen LogP contribution is -2.34. The van der Waals surface area contributed by atoms with Crippen molar-refractivity contribution in [1.29, 1.82) is 0 Å². The van der Waals surface area contributed by atoms with Gasteiger partial charge in [0.2, 0.25) is 0 Å². The Morgan fingerprint density at radius 1 is 1.00 bits per heavy atom. The van der Waals surface area contributed by atoms with Crippen LogP contribution >= 0.6 is 0 Å². The lowest BCUT2D eigenvalue weighted by molar-refractivity contribution is -0.150. The third-order valence-electron chi connectivity index (χ3n) is 5.39. The van der Waals surface area contributed by atoms with Crippen LogP contribution in [-0.2, 0) is 27.4 Å². The van der Waals surface area contributed by atoms with Crippen molar-refractivity contribution in [1.82, 2.24) is 5.32 Å². The van der Waals surface area contributed by atoms with Gasteiger partial charge in [0.15, 0.2) is 0 Å². The third-order valence-corrected chi connectivity index (χ3v) is 5.39. The third kappa shape index (κ3) is 8.23. The number of nitrogens with two attached hydrogens (primary N) is 1. The second kappa shape index (κ2) is 12.7. The van der Waals surface area contributed by atoms with Gasteiger partial charge in [0.25, 0.3) is 0 Å². The molecule has 0 spiro atoms. The molecule has 3 rings (SSSR count). The summed E-state index contributed by atoms with van der Waals surface area (Å²) in [6, 6.07) is 16.4. The van der Waals surface area contributed by atoms with E-state index in [0.717, 1.165) is 42.6 Å². The van der Waals surface area contributed by atoms with Crippen LogP contribution in [0.5, 0.6) is 5.75 Å². The monoisotopic (exact) mass is 440 g/mol.